The van der Waals surface area contributed by atoms with Gasteiger partial charge >= 0.3 is 0 Å². The Balaban J connectivity index is -0.000000266. The lowest BCUT2D eigenvalue weighted by Gasteiger charge is -2.00. The smallest absolute Gasteiger partial charge is 0.111 e. The van der Waals surface area contributed by atoms with Crippen molar-refractivity contribution in [2.45, 2.75) is 12.8 Å². The first kappa shape index (κ1) is 26.4. The van der Waals surface area contributed by atoms with E-state index in [9.17, 15) is 0 Å². The summed E-state index contributed by atoms with van der Waals surface area (Å²) in [5.74, 6) is 0. The third-order valence-electron chi connectivity index (χ3n) is 1.81. The average molecular weight is 336 g/mol. The van der Waals surface area contributed by atoms with Crippen molar-refractivity contribution < 1.29 is 34.3 Å². The number of ether oxygens (including phenoxy) is 4. The van der Waals surface area contributed by atoms with Crippen LogP contribution in [0.4, 0.5) is 0 Å². The third-order valence-corrected chi connectivity index (χ3v) is 1.81. The molecule has 0 spiro atoms. The van der Waals surface area contributed by atoms with Crippen LogP contribution in [-0.2, 0) is 18.9 Å². The predicted molar refractivity (Wildman–Crippen MR) is 89.8 cm³/mol. The summed E-state index contributed by atoms with van der Waals surface area (Å²) in [4.78, 5) is 0. The average Bonchev–Trinajstić information content (AvgIpc) is 2.58. The molecule has 0 aliphatic carbocycles. The number of rotatable bonds is 14. The van der Waals surface area contributed by atoms with E-state index in [1.807, 2.05) is 0 Å². The second-order valence-corrected chi connectivity index (χ2v) is 3.60. The van der Waals surface area contributed by atoms with E-state index in [-0.39, 0.29) is 19.8 Å². The van der Waals surface area contributed by atoms with Crippen LogP contribution in [0.25, 0.3) is 0 Å². The Bertz CT molecular complexity index is 222. The van der Waals surface area contributed by atoms with Crippen LogP contribution in [0.5, 0.6) is 0 Å². The van der Waals surface area contributed by atoms with Gasteiger partial charge < -0.3 is 34.3 Å². The maximum atomic E-state index is 8.28. The van der Waals surface area contributed by atoms with Gasteiger partial charge in [0.15, 0.2) is 0 Å². The highest BCUT2D eigenvalue weighted by Gasteiger charge is 1.83. The van der Waals surface area contributed by atoms with E-state index in [1.165, 1.54) is 18.8 Å². The van der Waals surface area contributed by atoms with Crippen molar-refractivity contribution in [1.29, 1.82) is 0 Å². The molecule has 7 nitrogen and oxygen atoms in total. The van der Waals surface area contributed by atoms with Crippen molar-refractivity contribution in [3.63, 3.8) is 0 Å². The Kier molecular flexibility index (Phi) is 37.2. The summed E-state index contributed by atoms with van der Waals surface area (Å²) in [6.07, 6.45) is 5.80. The Morgan fingerprint density at radius 3 is 1.52 bits per heavy atom. The van der Waals surface area contributed by atoms with Gasteiger partial charge in [0.25, 0.3) is 0 Å². The Morgan fingerprint density at radius 2 is 1.09 bits per heavy atom. The highest BCUT2D eigenvalue weighted by molar-refractivity contribution is 4.48. The first-order valence-corrected chi connectivity index (χ1v) is 7.32. The molecule has 0 rings (SSSR count). The molecule has 0 saturated carbocycles. The van der Waals surface area contributed by atoms with Crippen LogP contribution in [0.1, 0.15) is 12.8 Å². The van der Waals surface area contributed by atoms with Gasteiger partial charge in [-0.1, -0.05) is 19.7 Å². The van der Waals surface area contributed by atoms with Gasteiger partial charge in [-0.05, 0) is 12.8 Å². The fraction of sp³-hybridized carbons (Fsp3) is 0.625. The molecule has 0 unspecified atom stereocenters. The summed E-state index contributed by atoms with van der Waals surface area (Å²) in [6.45, 7) is 12.8. The molecule has 0 aromatic carbocycles. The fourth-order valence-electron chi connectivity index (χ4n) is 0.874. The number of unbranched alkanes of at least 4 members (excludes halogenated alkanes) is 1. The van der Waals surface area contributed by atoms with Crippen molar-refractivity contribution in [3.05, 3.63) is 38.5 Å². The van der Waals surface area contributed by atoms with Gasteiger partial charge in [0.1, 0.15) is 13.2 Å². The summed E-state index contributed by atoms with van der Waals surface area (Å²) >= 11 is 0. The summed E-state index contributed by atoms with van der Waals surface area (Å²) in [5.41, 5.74) is 0. The van der Waals surface area contributed by atoms with E-state index in [2.05, 4.69) is 24.5 Å². The number of hydrogen-bond donors (Lipinski definition) is 3. The highest BCUT2D eigenvalue weighted by atomic mass is 16.5. The lowest BCUT2D eigenvalue weighted by molar-refractivity contribution is 0.0603. The molecule has 0 saturated heterocycles. The monoisotopic (exact) mass is 336 g/mol. The van der Waals surface area contributed by atoms with E-state index >= 15 is 0 Å². The maximum Gasteiger partial charge on any atom is 0.111 e. The highest BCUT2D eigenvalue weighted by Crippen LogP contribution is 1.87. The normalized spacial score (nSPS) is 8.48. The van der Waals surface area contributed by atoms with Crippen molar-refractivity contribution >= 4 is 0 Å². The van der Waals surface area contributed by atoms with Crippen LogP contribution in [0, 0.1) is 0 Å². The SMILES string of the molecule is C=COCCCCO.C=COCCO.C=COCCOCCO. The Labute approximate surface area is 139 Å². The minimum atomic E-state index is 0.0615. The lowest BCUT2D eigenvalue weighted by Crippen LogP contribution is -2.04. The number of hydrogen-bond acceptors (Lipinski definition) is 7. The zero-order valence-electron chi connectivity index (χ0n) is 13.9. The van der Waals surface area contributed by atoms with Gasteiger partial charge in [-0.15, -0.1) is 0 Å². The molecule has 0 aliphatic heterocycles. The molecule has 3 N–H and O–H groups in total. The van der Waals surface area contributed by atoms with Gasteiger partial charge in [-0.3, -0.25) is 0 Å². The molecular weight excluding hydrogens is 304 g/mol. The van der Waals surface area contributed by atoms with Gasteiger partial charge in [0.2, 0.25) is 0 Å². The molecule has 138 valence electrons. The molecule has 0 aromatic rings. The zero-order chi connectivity index (χ0) is 18.0. The summed E-state index contributed by atoms with van der Waals surface area (Å²) in [6, 6.07) is 0. The first-order valence-electron chi connectivity index (χ1n) is 7.32. The molecule has 0 radical (unpaired) electrons. The molecule has 0 aliphatic rings. The van der Waals surface area contributed by atoms with E-state index in [0.717, 1.165) is 12.8 Å². The van der Waals surface area contributed by atoms with Gasteiger partial charge in [0.05, 0.1) is 51.8 Å². The van der Waals surface area contributed by atoms with Crippen LogP contribution in [0.3, 0.4) is 0 Å². The molecule has 7 heteroatoms. The van der Waals surface area contributed by atoms with Crippen molar-refractivity contribution in [2.24, 2.45) is 0 Å². The summed E-state index contributed by atoms with van der Waals surface area (Å²) in [5, 5.41) is 24.5. The summed E-state index contributed by atoms with van der Waals surface area (Å²) in [7, 11) is 0. The molecule has 0 bridgehead atoms. The van der Waals surface area contributed by atoms with Crippen molar-refractivity contribution in [3.8, 4) is 0 Å². The van der Waals surface area contributed by atoms with Crippen LogP contribution in [0.2, 0.25) is 0 Å². The molecule has 0 heterocycles. The number of aliphatic hydroxyl groups is 3. The third kappa shape index (κ3) is 44.9. The molecule has 0 aromatic heterocycles. The lowest BCUT2D eigenvalue weighted by atomic mass is 10.3. The molecule has 0 fully saturated rings. The van der Waals surface area contributed by atoms with Gasteiger partial charge in [0, 0.05) is 6.61 Å². The molecule has 0 amide bonds. The topological polar surface area (TPSA) is 97.6 Å². The molecule has 23 heavy (non-hydrogen) atoms. The minimum Gasteiger partial charge on any atom is -0.502 e. The van der Waals surface area contributed by atoms with Crippen molar-refractivity contribution in [1.82, 2.24) is 0 Å². The van der Waals surface area contributed by atoms with Crippen LogP contribution in [0.15, 0.2) is 38.5 Å². The molecule has 0 atom stereocenters. The zero-order valence-corrected chi connectivity index (χ0v) is 13.9. The van der Waals surface area contributed by atoms with Crippen molar-refractivity contribution in [2.75, 3.05) is 52.9 Å². The van der Waals surface area contributed by atoms with Crippen LogP contribution >= 0.6 is 0 Å². The van der Waals surface area contributed by atoms with E-state index < -0.39 is 0 Å². The minimum absolute atomic E-state index is 0.0615. The van der Waals surface area contributed by atoms with Crippen LogP contribution < -0.4 is 0 Å². The Morgan fingerprint density at radius 1 is 0.565 bits per heavy atom. The van der Waals surface area contributed by atoms with E-state index in [1.54, 1.807) is 0 Å². The van der Waals surface area contributed by atoms with Gasteiger partial charge in [-0.2, -0.15) is 0 Å². The largest absolute Gasteiger partial charge is 0.502 e. The van der Waals surface area contributed by atoms with Crippen LogP contribution in [-0.4, -0.2) is 68.2 Å². The predicted octanol–water partition coefficient (Wildman–Crippen LogP) is 1.21. The van der Waals surface area contributed by atoms with E-state index in [4.69, 9.17) is 29.5 Å². The van der Waals surface area contributed by atoms with E-state index in [0.29, 0.717) is 33.0 Å². The second-order valence-electron chi connectivity index (χ2n) is 3.60. The first-order chi connectivity index (χ1) is 11.2. The number of aliphatic hydroxyl groups excluding tert-OH is 3. The standard InChI is InChI=1S/C6H12O3.C6H12O2.C4H8O2/c1-2-8-5-6-9-4-3-7;1-2-8-6-4-3-5-7;1-2-6-4-3-5/h2,7H,1,3-6H2;2,7H,1,3-6H2;2,5H,1,3-4H2. The van der Waals surface area contributed by atoms with Gasteiger partial charge in [-0.25, -0.2) is 0 Å². The molecular formula is C16H32O7. The quantitative estimate of drug-likeness (QED) is 0.324. The second kappa shape index (κ2) is 32.4. The summed E-state index contributed by atoms with van der Waals surface area (Å²) < 4.78 is 18.9. The fourth-order valence-corrected chi connectivity index (χ4v) is 0.874. The maximum absolute atomic E-state index is 8.28. The Hall–Kier alpha value is -1.54.